The third kappa shape index (κ3) is 2.60. The maximum Gasteiger partial charge on any atom is 0.144 e. The zero-order chi connectivity index (χ0) is 14.7. The zero-order valence-electron chi connectivity index (χ0n) is 11.9. The molecule has 0 saturated heterocycles. The van der Waals surface area contributed by atoms with Crippen LogP contribution in [0, 0.1) is 0 Å². The van der Waals surface area contributed by atoms with Crippen molar-refractivity contribution in [3.8, 4) is 5.75 Å². The van der Waals surface area contributed by atoms with Crippen LogP contribution in [0.1, 0.15) is 18.0 Å². The molecule has 1 atom stereocenters. The molecule has 0 saturated carbocycles. The summed E-state index contributed by atoms with van der Waals surface area (Å²) in [5.74, 6) is 0.799. The Hall–Kier alpha value is -2.40. The van der Waals surface area contributed by atoms with E-state index in [1.807, 2.05) is 41.5 Å². The Morgan fingerprint density at radius 2 is 2.14 bits per heavy atom. The van der Waals surface area contributed by atoms with Crippen molar-refractivity contribution in [1.82, 2.24) is 4.98 Å². The highest BCUT2D eigenvalue weighted by Gasteiger charge is 2.30. The van der Waals surface area contributed by atoms with E-state index in [-0.39, 0.29) is 6.04 Å². The Morgan fingerprint density at radius 1 is 1.29 bits per heavy atom. The van der Waals surface area contributed by atoms with E-state index in [0.29, 0.717) is 6.54 Å². The maximum absolute atomic E-state index is 5.78. The van der Waals surface area contributed by atoms with Gasteiger partial charge < -0.3 is 10.5 Å². The molecule has 1 aromatic heterocycles. The molecule has 1 aliphatic rings. The van der Waals surface area contributed by atoms with Crippen molar-refractivity contribution in [2.24, 2.45) is 10.8 Å². The van der Waals surface area contributed by atoms with Gasteiger partial charge in [0.25, 0.3) is 0 Å². The summed E-state index contributed by atoms with van der Waals surface area (Å²) in [5, 5.41) is 6.64. The van der Waals surface area contributed by atoms with Gasteiger partial charge in [0.15, 0.2) is 0 Å². The van der Waals surface area contributed by atoms with Crippen LogP contribution < -0.4 is 15.5 Å². The van der Waals surface area contributed by atoms with Crippen molar-refractivity contribution in [3.05, 3.63) is 54.4 Å². The van der Waals surface area contributed by atoms with E-state index in [1.54, 1.807) is 13.3 Å². The number of anilines is 1. The number of nitrogens with zero attached hydrogens (tertiary/aromatic N) is 3. The van der Waals surface area contributed by atoms with Crippen LogP contribution in [0.5, 0.6) is 5.75 Å². The lowest BCUT2D eigenvalue weighted by Gasteiger charge is -2.25. The van der Waals surface area contributed by atoms with E-state index in [1.165, 1.54) is 0 Å². The van der Waals surface area contributed by atoms with Crippen LogP contribution in [-0.2, 0) is 0 Å². The summed E-state index contributed by atoms with van der Waals surface area (Å²) in [6.07, 6.45) is 4.46. The topological polar surface area (TPSA) is 63.7 Å². The number of nitrogens with two attached hydrogens (primary N) is 1. The Balaban J connectivity index is 2.02. The average Bonchev–Trinajstić information content (AvgIpc) is 3.00. The molecule has 0 amide bonds. The van der Waals surface area contributed by atoms with Gasteiger partial charge in [-0.05, 0) is 23.8 Å². The van der Waals surface area contributed by atoms with E-state index in [2.05, 4.69) is 16.2 Å². The van der Waals surface area contributed by atoms with Crippen LogP contribution in [0.15, 0.2) is 53.9 Å². The number of hydrogen-bond donors (Lipinski definition) is 1. The number of benzene rings is 1. The summed E-state index contributed by atoms with van der Waals surface area (Å²) in [6.45, 7) is 0.461. The SMILES string of the molecule is COc1ccccc1N1N=C(CN)CC1c1cccnc1. The number of methoxy groups -OCH3 is 1. The number of aromatic nitrogens is 1. The van der Waals surface area contributed by atoms with Gasteiger partial charge in [0.05, 0.1) is 18.9 Å². The minimum Gasteiger partial charge on any atom is -0.495 e. The fourth-order valence-corrected chi connectivity index (χ4v) is 2.57. The minimum atomic E-state index is 0.105. The molecule has 5 nitrogen and oxygen atoms in total. The monoisotopic (exact) mass is 282 g/mol. The van der Waals surface area contributed by atoms with E-state index < -0.39 is 0 Å². The van der Waals surface area contributed by atoms with E-state index in [4.69, 9.17) is 10.5 Å². The fourth-order valence-electron chi connectivity index (χ4n) is 2.57. The summed E-state index contributed by atoms with van der Waals surface area (Å²) < 4.78 is 5.45. The average molecular weight is 282 g/mol. The van der Waals surface area contributed by atoms with Gasteiger partial charge in [0, 0.05) is 25.4 Å². The second kappa shape index (κ2) is 5.93. The Morgan fingerprint density at radius 3 is 2.86 bits per heavy atom. The highest BCUT2D eigenvalue weighted by Crippen LogP contribution is 2.39. The standard InChI is InChI=1S/C16H18N4O/c1-21-16-7-3-2-6-14(16)20-15(9-13(10-17)19-20)12-5-4-8-18-11-12/h2-8,11,15H,9-10,17H2,1H3. The third-order valence-corrected chi connectivity index (χ3v) is 3.61. The fraction of sp³-hybridized carbons (Fsp3) is 0.250. The second-order valence-corrected chi connectivity index (χ2v) is 4.89. The lowest BCUT2D eigenvalue weighted by Crippen LogP contribution is -2.19. The van der Waals surface area contributed by atoms with Crippen molar-refractivity contribution in [2.45, 2.75) is 12.5 Å². The quantitative estimate of drug-likeness (QED) is 0.935. The number of hydrazone groups is 1. The van der Waals surface area contributed by atoms with Gasteiger partial charge in [0.1, 0.15) is 11.4 Å². The van der Waals surface area contributed by atoms with Crippen molar-refractivity contribution in [1.29, 1.82) is 0 Å². The van der Waals surface area contributed by atoms with Crippen LogP contribution >= 0.6 is 0 Å². The van der Waals surface area contributed by atoms with Gasteiger partial charge in [-0.1, -0.05) is 18.2 Å². The molecule has 1 aromatic carbocycles. The number of ether oxygens (including phenoxy) is 1. The molecule has 21 heavy (non-hydrogen) atoms. The van der Waals surface area contributed by atoms with Gasteiger partial charge in [-0.25, -0.2) is 0 Å². The normalized spacial score (nSPS) is 17.7. The molecule has 0 radical (unpaired) electrons. The highest BCUT2D eigenvalue weighted by molar-refractivity contribution is 5.90. The zero-order valence-corrected chi connectivity index (χ0v) is 11.9. The first-order valence-corrected chi connectivity index (χ1v) is 6.92. The predicted octanol–water partition coefficient (Wildman–Crippen LogP) is 2.36. The summed E-state index contributed by atoms with van der Waals surface area (Å²) >= 11 is 0. The Bertz CT molecular complexity index is 642. The smallest absolute Gasteiger partial charge is 0.144 e. The number of hydrogen-bond acceptors (Lipinski definition) is 5. The molecular formula is C16H18N4O. The van der Waals surface area contributed by atoms with Crippen molar-refractivity contribution in [2.75, 3.05) is 18.7 Å². The van der Waals surface area contributed by atoms with Gasteiger partial charge in [-0.3, -0.25) is 9.99 Å². The summed E-state index contributed by atoms with van der Waals surface area (Å²) in [4.78, 5) is 4.21. The maximum atomic E-state index is 5.78. The van der Waals surface area contributed by atoms with Gasteiger partial charge in [-0.15, -0.1) is 0 Å². The molecule has 0 bridgehead atoms. The molecule has 0 aliphatic carbocycles. The Kier molecular flexibility index (Phi) is 3.83. The lowest BCUT2D eigenvalue weighted by molar-refractivity contribution is 0.413. The molecular weight excluding hydrogens is 264 g/mol. The summed E-state index contributed by atoms with van der Waals surface area (Å²) in [7, 11) is 1.67. The summed E-state index contributed by atoms with van der Waals surface area (Å²) in [6, 6.07) is 12.0. The van der Waals surface area contributed by atoms with Crippen LogP contribution in [0.25, 0.3) is 0 Å². The molecule has 1 unspecified atom stereocenters. The summed E-state index contributed by atoms with van der Waals surface area (Å²) in [5.41, 5.74) is 8.82. The van der Waals surface area contributed by atoms with Crippen molar-refractivity contribution >= 4 is 11.4 Å². The molecule has 5 heteroatoms. The first-order chi connectivity index (χ1) is 10.3. The minimum absolute atomic E-state index is 0.105. The Labute approximate surface area is 124 Å². The lowest BCUT2D eigenvalue weighted by atomic mass is 10.0. The van der Waals surface area contributed by atoms with E-state index in [9.17, 15) is 0 Å². The van der Waals surface area contributed by atoms with Gasteiger partial charge in [-0.2, -0.15) is 5.10 Å². The third-order valence-electron chi connectivity index (χ3n) is 3.61. The van der Waals surface area contributed by atoms with E-state index in [0.717, 1.165) is 29.1 Å². The first-order valence-electron chi connectivity index (χ1n) is 6.92. The molecule has 2 N–H and O–H groups in total. The largest absolute Gasteiger partial charge is 0.495 e. The highest BCUT2D eigenvalue weighted by atomic mass is 16.5. The van der Waals surface area contributed by atoms with Crippen molar-refractivity contribution < 1.29 is 4.74 Å². The number of rotatable bonds is 4. The molecule has 3 rings (SSSR count). The first kappa shape index (κ1) is 13.6. The molecule has 0 fully saturated rings. The number of pyridine rings is 1. The van der Waals surface area contributed by atoms with E-state index >= 15 is 0 Å². The van der Waals surface area contributed by atoms with Crippen LogP contribution in [0.3, 0.4) is 0 Å². The molecule has 2 aromatic rings. The van der Waals surface area contributed by atoms with Gasteiger partial charge in [0.2, 0.25) is 0 Å². The molecule has 108 valence electrons. The predicted molar refractivity (Wildman–Crippen MR) is 83.6 cm³/mol. The number of para-hydroxylation sites is 2. The molecule has 1 aliphatic heterocycles. The van der Waals surface area contributed by atoms with Gasteiger partial charge >= 0.3 is 0 Å². The van der Waals surface area contributed by atoms with Crippen LogP contribution in [0.4, 0.5) is 5.69 Å². The van der Waals surface area contributed by atoms with Crippen molar-refractivity contribution in [3.63, 3.8) is 0 Å². The molecule has 2 heterocycles. The van der Waals surface area contributed by atoms with Crippen LogP contribution in [-0.4, -0.2) is 24.4 Å². The van der Waals surface area contributed by atoms with Crippen LogP contribution in [0.2, 0.25) is 0 Å². The molecule has 0 spiro atoms. The second-order valence-electron chi connectivity index (χ2n) is 4.89.